The third-order valence-electron chi connectivity index (χ3n) is 5.65. The lowest BCUT2D eigenvalue weighted by molar-refractivity contribution is -0.120. The van der Waals surface area contributed by atoms with Crippen molar-refractivity contribution in [1.29, 1.82) is 0 Å². The number of likely N-dealkylation sites (tertiary alicyclic amines) is 2. The van der Waals surface area contributed by atoms with Gasteiger partial charge in [0.2, 0.25) is 15.9 Å². The van der Waals surface area contributed by atoms with E-state index in [1.807, 2.05) is 11.8 Å². The van der Waals surface area contributed by atoms with Gasteiger partial charge in [-0.2, -0.15) is 0 Å². The molecule has 1 aromatic carbocycles. The van der Waals surface area contributed by atoms with E-state index < -0.39 is 16.1 Å². The number of carbonyl (C=O) groups is 1. The molecule has 2 heterocycles. The van der Waals surface area contributed by atoms with Crippen LogP contribution in [0, 0.1) is 0 Å². The van der Waals surface area contributed by atoms with Crippen molar-refractivity contribution in [3.63, 3.8) is 0 Å². The fourth-order valence-corrected chi connectivity index (χ4v) is 5.31. The standard InChI is InChI=1S/C20H32N4O4S/c1-14(2)22-29(27,28)17-8-6-16(7-9-17)21-20(26)15(3)24-12-18(19(25)13-24)23-10-4-5-11-23/h6-9,14-15,18-19,22,25H,4-5,10-13H2,1-3H3,(H,21,26)/t15-,18+,19+/m0/s1. The summed E-state index contributed by atoms with van der Waals surface area (Å²) in [6, 6.07) is 5.65. The first-order valence-electron chi connectivity index (χ1n) is 10.3. The molecule has 29 heavy (non-hydrogen) atoms. The van der Waals surface area contributed by atoms with E-state index in [9.17, 15) is 18.3 Å². The summed E-state index contributed by atoms with van der Waals surface area (Å²) >= 11 is 0. The number of rotatable bonds is 7. The smallest absolute Gasteiger partial charge is 0.241 e. The molecule has 0 bridgehead atoms. The van der Waals surface area contributed by atoms with Gasteiger partial charge in [-0.05, 0) is 71.0 Å². The Hall–Kier alpha value is -1.52. The zero-order valence-corrected chi connectivity index (χ0v) is 18.2. The molecule has 0 aliphatic carbocycles. The van der Waals surface area contributed by atoms with Gasteiger partial charge in [-0.15, -0.1) is 0 Å². The largest absolute Gasteiger partial charge is 0.390 e. The van der Waals surface area contributed by atoms with Gasteiger partial charge in [0.05, 0.1) is 17.0 Å². The molecule has 2 aliphatic rings. The molecule has 2 aliphatic heterocycles. The van der Waals surface area contributed by atoms with E-state index in [2.05, 4.69) is 14.9 Å². The van der Waals surface area contributed by atoms with Crippen molar-refractivity contribution in [2.24, 2.45) is 0 Å². The molecule has 0 aromatic heterocycles. The fourth-order valence-electron chi connectivity index (χ4n) is 4.06. The number of amides is 1. The summed E-state index contributed by atoms with van der Waals surface area (Å²) in [7, 11) is -3.56. The summed E-state index contributed by atoms with van der Waals surface area (Å²) < 4.78 is 26.9. The van der Waals surface area contributed by atoms with Crippen LogP contribution in [0.4, 0.5) is 5.69 Å². The number of nitrogens with one attached hydrogen (secondary N) is 2. The van der Waals surface area contributed by atoms with Gasteiger partial charge in [0, 0.05) is 30.9 Å². The summed E-state index contributed by atoms with van der Waals surface area (Å²) in [6.07, 6.45) is 1.89. The first kappa shape index (κ1) is 22.2. The van der Waals surface area contributed by atoms with Gasteiger partial charge < -0.3 is 10.4 Å². The molecule has 0 radical (unpaired) electrons. The Labute approximate surface area is 173 Å². The molecular weight excluding hydrogens is 392 g/mol. The highest BCUT2D eigenvalue weighted by Crippen LogP contribution is 2.23. The quantitative estimate of drug-likeness (QED) is 0.600. The van der Waals surface area contributed by atoms with Gasteiger partial charge in [0.15, 0.2) is 0 Å². The summed E-state index contributed by atoms with van der Waals surface area (Å²) in [4.78, 5) is 17.2. The second-order valence-electron chi connectivity index (χ2n) is 8.30. The zero-order valence-electron chi connectivity index (χ0n) is 17.3. The van der Waals surface area contributed by atoms with Gasteiger partial charge in [0.25, 0.3) is 0 Å². The lowest BCUT2D eigenvalue weighted by Crippen LogP contribution is -2.43. The molecule has 1 aromatic rings. The minimum absolute atomic E-state index is 0.0886. The maximum atomic E-state index is 12.7. The van der Waals surface area contributed by atoms with Crippen molar-refractivity contribution in [2.75, 3.05) is 31.5 Å². The van der Waals surface area contributed by atoms with Gasteiger partial charge in [0.1, 0.15) is 0 Å². The van der Waals surface area contributed by atoms with Crippen LogP contribution in [0.5, 0.6) is 0 Å². The molecule has 3 atom stereocenters. The Bertz CT molecular complexity index is 806. The van der Waals surface area contributed by atoms with Crippen LogP contribution in [0.2, 0.25) is 0 Å². The van der Waals surface area contributed by atoms with E-state index in [-0.39, 0.29) is 28.9 Å². The predicted molar refractivity (Wildman–Crippen MR) is 112 cm³/mol. The number of sulfonamides is 1. The summed E-state index contributed by atoms with van der Waals surface area (Å²) in [6.45, 7) is 8.53. The van der Waals surface area contributed by atoms with Gasteiger partial charge in [-0.1, -0.05) is 0 Å². The van der Waals surface area contributed by atoms with Crippen LogP contribution in [0.25, 0.3) is 0 Å². The van der Waals surface area contributed by atoms with Crippen LogP contribution in [-0.2, 0) is 14.8 Å². The zero-order chi connectivity index (χ0) is 21.2. The summed E-state index contributed by atoms with van der Waals surface area (Å²) in [5.41, 5.74) is 0.543. The average molecular weight is 425 g/mol. The second kappa shape index (κ2) is 9.09. The number of anilines is 1. The van der Waals surface area contributed by atoms with E-state index in [0.29, 0.717) is 18.8 Å². The number of nitrogens with zero attached hydrogens (tertiary/aromatic N) is 2. The Morgan fingerprint density at radius 2 is 1.72 bits per heavy atom. The molecular formula is C20H32N4O4S. The highest BCUT2D eigenvalue weighted by molar-refractivity contribution is 7.89. The lowest BCUT2D eigenvalue weighted by atomic mass is 10.2. The highest BCUT2D eigenvalue weighted by atomic mass is 32.2. The van der Waals surface area contributed by atoms with Gasteiger partial charge in [-0.25, -0.2) is 13.1 Å². The number of aliphatic hydroxyl groups excluding tert-OH is 1. The first-order valence-corrected chi connectivity index (χ1v) is 11.7. The van der Waals surface area contributed by atoms with Gasteiger partial charge in [-0.3, -0.25) is 14.6 Å². The third-order valence-corrected chi connectivity index (χ3v) is 7.32. The summed E-state index contributed by atoms with van der Waals surface area (Å²) in [5.74, 6) is -0.171. The van der Waals surface area contributed by atoms with Crippen molar-refractivity contribution >= 4 is 21.6 Å². The van der Waals surface area contributed by atoms with Crippen molar-refractivity contribution in [2.45, 2.75) is 62.7 Å². The molecule has 162 valence electrons. The maximum Gasteiger partial charge on any atom is 0.241 e. The topological polar surface area (TPSA) is 102 Å². The fraction of sp³-hybridized carbons (Fsp3) is 0.650. The molecule has 2 fully saturated rings. The number of aliphatic hydroxyl groups is 1. The lowest BCUT2D eigenvalue weighted by Gasteiger charge is -2.27. The monoisotopic (exact) mass is 424 g/mol. The number of β-amino-alcohol motifs (C(OH)–C–C–N with tert-alkyl or cyclic N) is 1. The van der Waals surface area contributed by atoms with E-state index in [4.69, 9.17) is 0 Å². The van der Waals surface area contributed by atoms with Crippen molar-refractivity contribution in [3.8, 4) is 0 Å². The SMILES string of the molecule is CC(C)NS(=O)(=O)c1ccc(NC(=O)[C@H](C)N2C[C@@H](O)[C@H](N3CCCC3)C2)cc1. The number of carbonyl (C=O) groups excluding carboxylic acids is 1. The minimum atomic E-state index is -3.56. The summed E-state index contributed by atoms with van der Waals surface area (Å²) in [5, 5.41) is 13.3. The van der Waals surface area contributed by atoms with Crippen LogP contribution in [0.1, 0.15) is 33.6 Å². The molecule has 0 unspecified atom stereocenters. The number of hydrogen-bond donors (Lipinski definition) is 3. The Morgan fingerprint density at radius 1 is 1.10 bits per heavy atom. The van der Waals surface area contributed by atoms with Crippen LogP contribution < -0.4 is 10.0 Å². The molecule has 1 amide bonds. The first-order chi connectivity index (χ1) is 13.7. The van der Waals surface area contributed by atoms with Crippen molar-refractivity contribution < 1.29 is 18.3 Å². The molecule has 2 saturated heterocycles. The van der Waals surface area contributed by atoms with Crippen molar-refractivity contribution in [1.82, 2.24) is 14.5 Å². The van der Waals surface area contributed by atoms with Crippen LogP contribution in [-0.4, -0.2) is 79.6 Å². The molecule has 8 nitrogen and oxygen atoms in total. The van der Waals surface area contributed by atoms with E-state index in [0.717, 1.165) is 25.9 Å². The molecule has 0 saturated carbocycles. The predicted octanol–water partition coefficient (Wildman–Crippen LogP) is 0.841. The van der Waals surface area contributed by atoms with Crippen LogP contribution in [0.15, 0.2) is 29.2 Å². The average Bonchev–Trinajstić information content (AvgIpc) is 3.29. The second-order valence-corrected chi connectivity index (χ2v) is 10.0. The highest BCUT2D eigenvalue weighted by Gasteiger charge is 2.39. The molecule has 3 N–H and O–H groups in total. The van der Waals surface area contributed by atoms with E-state index in [1.54, 1.807) is 26.0 Å². The third kappa shape index (κ3) is 5.35. The van der Waals surface area contributed by atoms with E-state index >= 15 is 0 Å². The Kier molecular flexibility index (Phi) is 6.95. The van der Waals surface area contributed by atoms with Crippen molar-refractivity contribution in [3.05, 3.63) is 24.3 Å². The van der Waals surface area contributed by atoms with Crippen LogP contribution in [0.3, 0.4) is 0 Å². The normalized spacial score (nSPS) is 24.9. The molecule has 3 rings (SSSR count). The number of benzene rings is 1. The Balaban J connectivity index is 1.58. The van der Waals surface area contributed by atoms with Crippen LogP contribution >= 0.6 is 0 Å². The van der Waals surface area contributed by atoms with Gasteiger partial charge >= 0.3 is 0 Å². The maximum absolute atomic E-state index is 12.7. The number of hydrogen-bond acceptors (Lipinski definition) is 6. The minimum Gasteiger partial charge on any atom is -0.390 e. The van der Waals surface area contributed by atoms with E-state index in [1.165, 1.54) is 12.1 Å². The Morgan fingerprint density at radius 3 is 2.31 bits per heavy atom. The molecule has 0 spiro atoms. The molecule has 9 heteroatoms.